The summed E-state index contributed by atoms with van der Waals surface area (Å²) in [7, 11) is 0. The molecule has 2 fully saturated rings. The van der Waals surface area contributed by atoms with Gasteiger partial charge in [-0.15, -0.1) is 0 Å². The molecule has 2 aromatic rings. The van der Waals surface area contributed by atoms with Gasteiger partial charge in [0.1, 0.15) is 5.60 Å². The fraction of sp³-hybridized carbons (Fsp3) is 0.263. The number of carbonyl (C=O) groups excluding carboxylic acids is 2. The number of benzene rings is 2. The highest BCUT2D eigenvalue weighted by molar-refractivity contribution is 6.26. The van der Waals surface area contributed by atoms with E-state index in [0.717, 1.165) is 10.8 Å². The molecule has 5 rings (SSSR count). The first-order chi connectivity index (χ1) is 11.7. The topological polar surface area (TPSA) is 66.8 Å². The fourth-order valence-corrected chi connectivity index (χ4v) is 4.32. The van der Waals surface area contributed by atoms with E-state index in [2.05, 4.69) is 0 Å². The van der Waals surface area contributed by atoms with Crippen molar-refractivity contribution in [1.29, 1.82) is 0 Å². The number of hydrogen-bond acceptors (Lipinski definition) is 4. The van der Waals surface area contributed by atoms with E-state index >= 15 is 0 Å². The Bertz CT molecular complexity index is 915. The van der Waals surface area contributed by atoms with Crippen molar-refractivity contribution in [3.05, 3.63) is 54.6 Å². The molecule has 0 spiro atoms. The summed E-state index contributed by atoms with van der Waals surface area (Å²) in [5, 5.41) is 11.6. The van der Waals surface area contributed by atoms with Crippen molar-refractivity contribution in [3.63, 3.8) is 0 Å². The number of anilines is 1. The number of fused-ring (bicyclic) bond motifs is 6. The normalized spacial score (nSPS) is 33.7. The Labute approximate surface area is 138 Å². The lowest BCUT2D eigenvalue weighted by Gasteiger charge is -2.26. The maximum Gasteiger partial charge on any atom is 0.241 e. The minimum absolute atomic E-state index is 0.244. The quantitative estimate of drug-likeness (QED) is 0.674. The number of aliphatic hydroxyl groups is 1. The molecule has 0 aliphatic carbocycles. The molecule has 3 aliphatic heterocycles. The van der Waals surface area contributed by atoms with Crippen molar-refractivity contribution in [1.82, 2.24) is 0 Å². The Balaban J connectivity index is 1.67. The van der Waals surface area contributed by atoms with Crippen molar-refractivity contribution >= 4 is 28.3 Å². The molecule has 0 unspecified atom stereocenters. The molecule has 1 N–H and O–H groups in total. The zero-order valence-electron chi connectivity index (χ0n) is 12.8. The predicted octanol–water partition coefficient (Wildman–Crippen LogP) is 1.65. The zero-order chi connectivity index (χ0) is 16.5. The van der Waals surface area contributed by atoms with Gasteiger partial charge in [0.2, 0.25) is 11.8 Å². The first-order valence-corrected chi connectivity index (χ1v) is 8.00. The van der Waals surface area contributed by atoms with Crippen molar-refractivity contribution in [3.8, 4) is 0 Å². The minimum Gasteiger partial charge on any atom is -0.393 e. The van der Waals surface area contributed by atoms with Crippen LogP contribution in [0.5, 0.6) is 0 Å². The maximum atomic E-state index is 13.1. The van der Waals surface area contributed by atoms with Gasteiger partial charge in [0.25, 0.3) is 0 Å². The number of imide groups is 1. The number of nitrogens with zero attached hydrogens (tertiary/aromatic N) is 1. The van der Waals surface area contributed by atoms with E-state index in [0.29, 0.717) is 5.69 Å². The smallest absolute Gasteiger partial charge is 0.241 e. The van der Waals surface area contributed by atoms with Gasteiger partial charge < -0.3 is 9.84 Å². The molecule has 2 saturated heterocycles. The van der Waals surface area contributed by atoms with Crippen LogP contribution in [-0.2, 0) is 14.3 Å². The van der Waals surface area contributed by atoms with E-state index in [4.69, 9.17) is 4.74 Å². The highest BCUT2D eigenvalue weighted by atomic mass is 16.5. The van der Waals surface area contributed by atoms with Crippen LogP contribution in [0.3, 0.4) is 0 Å². The van der Waals surface area contributed by atoms with Gasteiger partial charge in [-0.05, 0) is 11.5 Å². The van der Waals surface area contributed by atoms with Gasteiger partial charge in [-0.25, -0.2) is 4.90 Å². The standard InChI is InChI=1S/C19H15NO4/c21-10-19-9-8-14(24-19)15-16(19)18(23)20(17(15)22)13-7-3-5-11-4-1-2-6-12(11)13/h1-9,14-16,21H,10H2/t14-,15-,16-,19+/m0/s1. The molecule has 120 valence electrons. The van der Waals surface area contributed by atoms with E-state index in [1.807, 2.05) is 36.4 Å². The van der Waals surface area contributed by atoms with Gasteiger partial charge in [-0.3, -0.25) is 9.59 Å². The van der Waals surface area contributed by atoms with Crippen LogP contribution in [0.1, 0.15) is 0 Å². The molecule has 2 bridgehead atoms. The predicted molar refractivity (Wildman–Crippen MR) is 87.3 cm³/mol. The molecule has 5 nitrogen and oxygen atoms in total. The SMILES string of the molecule is O=C1[C@H]2[C@@H]3C=C[C@](CO)(O3)[C@@H]2C(=O)N1c1cccc2ccccc12. The van der Waals surface area contributed by atoms with Crippen molar-refractivity contribution in [2.75, 3.05) is 11.5 Å². The van der Waals surface area contributed by atoms with E-state index in [-0.39, 0.29) is 18.4 Å². The van der Waals surface area contributed by atoms with Crippen LogP contribution in [0.2, 0.25) is 0 Å². The molecule has 24 heavy (non-hydrogen) atoms. The van der Waals surface area contributed by atoms with E-state index < -0.39 is 23.5 Å². The van der Waals surface area contributed by atoms with Crippen LogP contribution >= 0.6 is 0 Å². The van der Waals surface area contributed by atoms with Crippen molar-refractivity contribution in [2.24, 2.45) is 11.8 Å². The lowest BCUT2D eigenvalue weighted by molar-refractivity contribution is -0.128. The highest BCUT2D eigenvalue weighted by Crippen LogP contribution is 2.52. The number of carbonyl (C=O) groups is 2. The third-order valence-electron chi connectivity index (χ3n) is 5.41. The fourth-order valence-electron chi connectivity index (χ4n) is 4.32. The van der Waals surface area contributed by atoms with Gasteiger partial charge in [0.15, 0.2) is 0 Å². The Morgan fingerprint density at radius 2 is 1.88 bits per heavy atom. The first kappa shape index (κ1) is 13.9. The third-order valence-corrected chi connectivity index (χ3v) is 5.41. The number of amides is 2. The van der Waals surface area contributed by atoms with Gasteiger partial charge >= 0.3 is 0 Å². The molecule has 2 aromatic carbocycles. The maximum absolute atomic E-state index is 13.1. The molecule has 0 aromatic heterocycles. The highest BCUT2D eigenvalue weighted by Gasteiger charge is 2.67. The van der Waals surface area contributed by atoms with E-state index in [1.54, 1.807) is 18.2 Å². The summed E-state index contributed by atoms with van der Waals surface area (Å²) in [6.45, 7) is -0.302. The molecular weight excluding hydrogens is 306 g/mol. The Morgan fingerprint density at radius 1 is 1.08 bits per heavy atom. The summed E-state index contributed by atoms with van der Waals surface area (Å²) in [5.41, 5.74) is -0.452. The van der Waals surface area contributed by atoms with Crippen LogP contribution in [-0.4, -0.2) is 35.2 Å². The number of ether oxygens (including phenoxy) is 1. The van der Waals surface area contributed by atoms with Crippen molar-refractivity contribution < 1.29 is 19.4 Å². The second-order valence-corrected chi connectivity index (χ2v) is 6.57. The molecule has 0 radical (unpaired) electrons. The summed E-state index contributed by atoms with van der Waals surface area (Å²) >= 11 is 0. The van der Waals surface area contributed by atoms with Crippen LogP contribution < -0.4 is 4.90 Å². The monoisotopic (exact) mass is 321 g/mol. The third kappa shape index (κ3) is 1.51. The average molecular weight is 321 g/mol. The summed E-state index contributed by atoms with van der Waals surface area (Å²) in [6.07, 6.45) is 3.09. The molecule has 3 aliphatic rings. The van der Waals surface area contributed by atoms with Crippen LogP contribution in [0.4, 0.5) is 5.69 Å². The molecule has 3 heterocycles. The molecule has 5 heteroatoms. The van der Waals surface area contributed by atoms with Gasteiger partial charge in [-0.2, -0.15) is 0 Å². The van der Waals surface area contributed by atoms with Crippen LogP contribution in [0.15, 0.2) is 54.6 Å². The second-order valence-electron chi connectivity index (χ2n) is 6.57. The molecular formula is C19H15NO4. The zero-order valence-corrected chi connectivity index (χ0v) is 12.8. The van der Waals surface area contributed by atoms with Gasteiger partial charge in [-0.1, -0.05) is 48.6 Å². The largest absolute Gasteiger partial charge is 0.393 e. The van der Waals surface area contributed by atoms with Crippen molar-refractivity contribution in [2.45, 2.75) is 11.7 Å². The second kappa shape index (κ2) is 4.53. The minimum atomic E-state index is -1.05. The number of aliphatic hydroxyl groups excluding tert-OH is 1. The summed E-state index contributed by atoms with van der Waals surface area (Å²) in [4.78, 5) is 27.4. The van der Waals surface area contributed by atoms with Gasteiger partial charge in [0, 0.05) is 5.39 Å². The summed E-state index contributed by atoms with van der Waals surface area (Å²) in [5.74, 6) is -1.73. The van der Waals surface area contributed by atoms with Gasteiger partial charge in [0.05, 0.1) is 30.2 Å². The molecule has 2 amide bonds. The lowest BCUT2D eigenvalue weighted by Crippen LogP contribution is -2.43. The number of rotatable bonds is 2. The summed E-state index contributed by atoms with van der Waals surface area (Å²) in [6, 6.07) is 13.3. The molecule has 4 atom stereocenters. The van der Waals surface area contributed by atoms with Crippen LogP contribution in [0.25, 0.3) is 10.8 Å². The Kier molecular flexibility index (Phi) is 2.62. The lowest BCUT2D eigenvalue weighted by atomic mass is 9.77. The Hall–Kier alpha value is -2.50. The van der Waals surface area contributed by atoms with E-state index in [1.165, 1.54) is 4.90 Å². The van der Waals surface area contributed by atoms with Crippen LogP contribution in [0, 0.1) is 11.8 Å². The number of hydrogen-bond donors (Lipinski definition) is 1. The van der Waals surface area contributed by atoms with E-state index in [9.17, 15) is 14.7 Å². The Morgan fingerprint density at radius 3 is 2.71 bits per heavy atom. The first-order valence-electron chi connectivity index (χ1n) is 8.00. The summed E-state index contributed by atoms with van der Waals surface area (Å²) < 4.78 is 5.76. The molecule has 0 saturated carbocycles. The average Bonchev–Trinajstić information content (AvgIpc) is 3.26.